The van der Waals surface area contributed by atoms with Crippen LogP contribution in [0, 0.1) is 0 Å². The Morgan fingerprint density at radius 2 is 0.873 bits per heavy atom. The normalized spacial score (nSPS) is 19.8. The van der Waals surface area contributed by atoms with Gasteiger partial charge in [0.25, 0.3) is 0 Å². The summed E-state index contributed by atoms with van der Waals surface area (Å²) in [5.41, 5.74) is -11.0. The van der Waals surface area contributed by atoms with Crippen molar-refractivity contribution in [2.45, 2.75) is 0 Å². The zero-order valence-corrected chi connectivity index (χ0v) is 31.3. The number of furan rings is 1. The van der Waals surface area contributed by atoms with Gasteiger partial charge in [-0.3, -0.25) is 4.98 Å². The highest BCUT2D eigenvalue weighted by molar-refractivity contribution is 6.26. The molecule has 0 saturated heterocycles. The van der Waals surface area contributed by atoms with E-state index in [1.807, 2.05) is 0 Å². The van der Waals surface area contributed by atoms with Crippen LogP contribution in [0.15, 0.2) is 222 Å². The number of nitrogens with zero attached hydrogens (tertiary/aromatic N) is 2. The summed E-state index contributed by atoms with van der Waals surface area (Å²) in [5.74, 6) is -2.23. The van der Waals surface area contributed by atoms with Gasteiger partial charge >= 0.3 is 0 Å². The number of rotatable bonds is 6. The Hall–Kier alpha value is -8.40. The Morgan fingerprint density at radius 1 is 0.333 bits per heavy atom. The number of hydrogen-bond donors (Lipinski definition) is 0. The predicted octanol–water partition coefficient (Wildman–Crippen LogP) is 16.4. The van der Waals surface area contributed by atoms with Crippen LogP contribution in [0.2, 0.25) is 0 Å². The third-order valence-corrected chi connectivity index (χ3v) is 10.2. The molecule has 0 aliphatic rings. The van der Waals surface area contributed by atoms with Crippen LogP contribution in [0.25, 0.3) is 132 Å². The third kappa shape index (κ3) is 5.60. The van der Waals surface area contributed by atoms with Gasteiger partial charge in [0.1, 0.15) is 11.5 Å². The van der Waals surface area contributed by atoms with Crippen LogP contribution in [-0.2, 0) is 0 Å². The van der Waals surface area contributed by atoms with Gasteiger partial charge in [-0.25, -0.2) is 4.98 Å². The molecule has 63 heavy (non-hydrogen) atoms. The zero-order chi connectivity index (χ0) is 72.8. The second-order valence-corrected chi connectivity index (χ2v) is 13.6. The molecule has 13 rings (SSSR count). The van der Waals surface area contributed by atoms with Crippen molar-refractivity contribution in [1.82, 2.24) is 9.97 Å². The molecule has 0 radical (unpaired) electrons. The minimum absolute atomic E-state index is 0.433. The summed E-state index contributed by atoms with van der Waals surface area (Å²) < 4.78 is 337. The summed E-state index contributed by atoms with van der Waals surface area (Å²) in [6.07, 6.45) is -0.823. The largest absolute Gasteiger partial charge is 0.455 e. The average molecular weight is 837 g/mol. The molecule has 3 heterocycles. The molecule has 3 aromatic heterocycles. The van der Waals surface area contributed by atoms with Crippen molar-refractivity contribution in [3.63, 3.8) is 0 Å². The predicted molar refractivity (Wildman–Crippen MR) is 263 cm³/mol. The van der Waals surface area contributed by atoms with Crippen molar-refractivity contribution in [1.29, 1.82) is 0 Å². The summed E-state index contributed by atoms with van der Waals surface area (Å²) in [4.78, 5) is 8.47. The Balaban J connectivity index is 1.23. The molecule has 3 heteroatoms. The fraction of sp³-hybridized carbons (Fsp3) is 0. The van der Waals surface area contributed by atoms with Gasteiger partial charge in [0.15, 0.2) is 0 Å². The summed E-state index contributed by atoms with van der Waals surface area (Å²) >= 11 is 0. The molecule has 0 saturated carbocycles. The van der Waals surface area contributed by atoms with Gasteiger partial charge in [-0.1, -0.05) is 193 Å². The van der Waals surface area contributed by atoms with Gasteiger partial charge in [0, 0.05) is 44.8 Å². The van der Waals surface area contributed by atoms with Crippen molar-refractivity contribution >= 4 is 64.9 Å². The SMILES string of the molecule is [2H]c1nc2c(c([2H])c1[2H])c([2H])c([2H])c1c([2H])c([2H])c(-c3c([2H])c([2H])c(-c4c([2H])c([2H])c(-c5c(-c6c([2H])c([2H])c([2H])c([2H])c6[2H])oc(-c6c([2H])c([2H])c7c([2H])c([2H])c8c([2H])c([2H])c([2H])c9c([2H])c([2H])c6c7c89)c5-c5c([2H])c([2H])c([2H])c([2H])c5[2H])c([2H])c4[2H])c4c([2H])c([2H])c([2H])c([2H])c34)nc12. The number of fused-ring (bicyclic) bond motifs is 4. The molecule has 3 nitrogen and oxygen atoms in total. The molecule has 10 aromatic carbocycles. The highest BCUT2D eigenvalue weighted by atomic mass is 16.3. The molecule has 0 unspecified atom stereocenters. The van der Waals surface area contributed by atoms with Crippen LogP contribution in [0.3, 0.4) is 0 Å². The average Bonchev–Trinajstić information content (AvgIpc) is 1.04. The maximum Gasteiger partial charge on any atom is 0.143 e. The third-order valence-electron chi connectivity index (χ3n) is 10.2. The lowest BCUT2D eigenvalue weighted by Crippen LogP contribution is -1.91. The van der Waals surface area contributed by atoms with E-state index in [0.29, 0.717) is 0 Å². The zero-order valence-electron chi connectivity index (χ0n) is 67.3. The molecule has 0 aliphatic heterocycles. The van der Waals surface area contributed by atoms with Gasteiger partial charge in [-0.2, -0.15) is 0 Å². The molecule has 0 amide bonds. The molecule has 0 aliphatic carbocycles. The van der Waals surface area contributed by atoms with Crippen LogP contribution in [0.5, 0.6) is 0 Å². The fourth-order valence-corrected chi connectivity index (χ4v) is 7.53. The molecular weight excluding hydrogens is 765 g/mol. The van der Waals surface area contributed by atoms with Gasteiger partial charge < -0.3 is 4.42 Å². The van der Waals surface area contributed by atoms with Crippen molar-refractivity contribution in [2.75, 3.05) is 0 Å². The maximum absolute atomic E-state index is 10.1. The Kier molecular flexibility index (Phi) is 3.33. The van der Waals surface area contributed by atoms with E-state index in [9.17, 15) is 24.7 Å². The van der Waals surface area contributed by atoms with Crippen molar-refractivity contribution in [3.05, 3.63) is 218 Å². The molecule has 0 atom stereocenters. The summed E-state index contributed by atoms with van der Waals surface area (Å²) in [6, 6.07) is -36.4. The number of aromatic nitrogens is 2. The van der Waals surface area contributed by atoms with E-state index in [-0.39, 0.29) is 0 Å². The molecular formula is C60H36N2O. The molecule has 0 fully saturated rings. The Morgan fingerprint density at radius 3 is 1.65 bits per heavy atom. The second-order valence-electron chi connectivity index (χ2n) is 13.6. The number of hydrogen-bond acceptors (Lipinski definition) is 3. The van der Waals surface area contributed by atoms with E-state index in [1.54, 1.807) is 0 Å². The molecule has 0 N–H and O–H groups in total. The van der Waals surface area contributed by atoms with Gasteiger partial charge in [-0.05, 0) is 83.5 Å². The van der Waals surface area contributed by atoms with E-state index >= 15 is 0 Å². The van der Waals surface area contributed by atoms with E-state index in [1.165, 1.54) is 0 Å². The monoisotopic (exact) mass is 837 g/mol. The number of pyridine rings is 2. The Bertz CT molecular complexity index is 5950. The van der Waals surface area contributed by atoms with Gasteiger partial charge in [-0.15, -0.1) is 0 Å². The molecule has 13 aromatic rings. The Labute approximate surface area is 414 Å². The van der Waals surface area contributed by atoms with Crippen LogP contribution >= 0.6 is 0 Å². The van der Waals surface area contributed by atoms with Crippen LogP contribution in [0.4, 0.5) is 0 Å². The first-order valence-corrected chi connectivity index (χ1v) is 18.6. The first kappa shape index (κ1) is 14.9. The van der Waals surface area contributed by atoms with Gasteiger partial charge in [0.2, 0.25) is 0 Å². The van der Waals surface area contributed by atoms with Crippen LogP contribution in [0.1, 0.15) is 49.3 Å². The lowest BCUT2D eigenvalue weighted by atomic mass is 9.87. The summed E-state index contributed by atoms with van der Waals surface area (Å²) in [6.45, 7) is 0. The van der Waals surface area contributed by atoms with E-state index in [2.05, 4.69) is 9.97 Å². The van der Waals surface area contributed by atoms with Gasteiger partial charge in [0.05, 0.1) is 66.1 Å². The molecule has 292 valence electrons. The first-order valence-electron chi connectivity index (χ1n) is 36.6. The highest BCUT2D eigenvalue weighted by Gasteiger charge is 2.27. The number of benzene rings is 10. The van der Waals surface area contributed by atoms with E-state index in [0.717, 1.165) is 0 Å². The van der Waals surface area contributed by atoms with Crippen molar-refractivity contribution in [3.8, 4) is 67.3 Å². The quantitative estimate of drug-likeness (QED) is 0.157. The lowest BCUT2D eigenvalue weighted by molar-refractivity contribution is 0.599. The topological polar surface area (TPSA) is 38.9 Å². The summed E-state index contributed by atoms with van der Waals surface area (Å²) in [7, 11) is 0. The standard InChI is InChI=1S/C60H36N2O/c1-3-11-38(12-4-1)56-55(59(45-13-5-2-6-14-45)63-60(56)51-32-29-41-25-24-39-15-9-16-40-28-31-50(51)54(41)53(39)40)42-22-20-37(21-23-42)46-33-34-49(48-19-8-7-18-47(46)48)52-35-30-44-27-26-43-17-10-36-61-57(43)58(44)62-52/h1-36H/i1D,2D,3D,4D,5D,6D,7D,8D,9D,10D,11D,12D,13D,14D,15D,16D,17D,18D,19D,20D,21D,22D,23D,24D,25D,26D,27D,28D,29D,30D,31D,32D,33D,34D,35D,36D. The fourth-order valence-electron chi connectivity index (χ4n) is 7.53. The minimum atomic E-state index is -1.35. The smallest absolute Gasteiger partial charge is 0.143 e. The van der Waals surface area contributed by atoms with Crippen molar-refractivity contribution < 1.29 is 53.8 Å². The van der Waals surface area contributed by atoms with E-state index in [4.69, 9.17) is 29.1 Å². The van der Waals surface area contributed by atoms with Crippen LogP contribution in [-0.4, -0.2) is 9.97 Å². The maximum atomic E-state index is 10.1. The first-order chi connectivity index (χ1) is 46.2. The van der Waals surface area contributed by atoms with Crippen LogP contribution < -0.4 is 0 Å². The molecule has 0 spiro atoms. The second kappa shape index (κ2) is 14.1. The highest BCUT2D eigenvalue weighted by Crippen LogP contribution is 2.51. The lowest BCUT2D eigenvalue weighted by Gasteiger charge is -2.14. The van der Waals surface area contributed by atoms with Crippen molar-refractivity contribution in [2.24, 2.45) is 0 Å². The minimum Gasteiger partial charge on any atom is -0.455 e. The van der Waals surface area contributed by atoms with E-state index < -0.39 is 350 Å². The summed E-state index contributed by atoms with van der Waals surface area (Å²) in [5, 5.41) is -6.08. The molecule has 0 bridgehead atoms.